The summed E-state index contributed by atoms with van der Waals surface area (Å²) in [4.78, 5) is 4.79. The molecule has 116 valence electrons. The highest BCUT2D eigenvalue weighted by atomic mass is 32.1. The predicted molar refractivity (Wildman–Crippen MR) is 94.8 cm³/mol. The predicted octanol–water partition coefficient (Wildman–Crippen LogP) is 4.04. The molecule has 2 aromatic heterocycles. The van der Waals surface area contributed by atoms with Crippen LogP contribution in [0.3, 0.4) is 0 Å². The normalized spacial score (nSPS) is 19.8. The SMILES string of the molecule is N#Cc1ccc2[nH]cc(C3CC3CNCCc3cccs3)c2c1. The van der Waals surface area contributed by atoms with Crippen LogP contribution in [0, 0.1) is 17.2 Å². The molecular formula is C19H19N3S. The fourth-order valence-electron chi connectivity index (χ4n) is 3.33. The molecule has 4 rings (SSSR count). The summed E-state index contributed by atoms with van der Waals surface area (Å²) in [6.07, 6.45) is 4.49. The number of hydrogen-bond acceptors (Lipinski definition) is 3. The molecule has 0 bridgehead atoms. The second-order valence-corrected chi connectivity index (χ2v) is 7.28. The Bertz CT molecular complexity index is 841. The lowest BCUT2D eigenvalue weighted by Crippen LogP contribution is -2.20. The summed E-state index contributed by atoms with van der Waals surface area (Å²) in [5.74, 6) is 1.36. The number of aromatic amines is 1. The van der Waals surface area contributed by atoms with Crippen LogP contribution in [0.25, 0.3) is 10.9 Å². The summed E-state index contributed by atoms with van der Waals surface area (Å²) < 4.78 is 0. The first-order chi connectivity index (χ1) is 11.3. The van der Waals surface area contributed by atoms with Crippen LogP contribution in [0.1, 0.15) is 28.3 Å². The monoisotopic (exact) mass is 321 g/mol. The first-order valence-corrected chi connectivity index (χ1v) is 8.97. The molecular weight excluding hydrogens is 302 g/mol. The summed E-state index contributed by atoms with van der Waals surface area (Å²) in [7, 11) is 0. The maximum absolute atomic E-state index is 9.08. The van der Waals surface area contributed by atoms with Crippen molar-refractivity contribution in [3.63, 3.8) is 0 Å². The molecule has 0 saturated heterocycles. The lowest BCUT2D eigenvalue weighted by atomic mass is 10.1. The molecule has 2 atom stereocenters. The van der Waals surface area contributed by atoms with Crippen LogP contribution >= 0.6 is 11.3 Å². The van der Waals surface area contributed by atoms with E-state index in [9.17, 15) is 0 Å². The number of nitriles is 1. The fourth-order valence-corrected chi connectivity index (χ4v) is 4.04. The molecule has 23 heavy (non-hydrogen) atoms. The van der Waals surface area contributed by atoms with Crippen LogP contribution in [0.5, 0.6) is 0 Å². The summed E-state index contributed by atoms with van der Waals surface area (Å²) in [5.41, 5.74) is 3.25. The molecule has 0 spiro atoms. The molecule has 1 saturated carbocycles. The van der Waals surface area contributed by atoms with E-state index < -0.39 is 0 Å². The fraction of sp³-hybridized carbons (Fsp3) is 0.316. The van der Waals surface area contributed by atoms with Crippen molar-refractivity contribution in [1.29, 1.82) is 5.26 Å². The zero-order valence-corrected chi connectivity index (χ0v) is 13.7. The molecule has 1 aliphatic carbocycles. The van der Waals surface area contributed by atoms with Crippen molar-refractivity contribution in [3.8, 4) is 6.07 Å². The van der Waals surface area contributed by atoms with E-state index in [0.717, 1.165) is 36.5 Å². The number of thiophene rings is 1. The van der Waals surface area contributed by atoms with E-state index in [4.69, 9.17) is 5.26 Å². The molecule has 2 heterocycles. The Kier molecular flexibility index (Phi) is 3.90. The number of aromatic nitrogens is 1. The van der Waals surface area contributed by atoms with E-state index in [1.807, 2.05) is 29.5 Å². The minimum atomic E-state index is 0.631. The van der Waals surface area contributed by atoms with Crippen LogP contribution in [-0.4, -0.2) is 18.1 Å². The Labute approximate surface area is 140 Å². The van der Waals surface area contributed by atoms with Crippen molar-refractivity contribution in [2.45, 2.75) is 18.8 Å². The summed E-state index contributed by atoms with van der Waals surface area (Å²) >= 11 is 1.83. The van der Waals surface area contributed by atoms with Crippen molar-refractivity contribution < 1.29 is 0 Å². The average molecular weight is 321 g/mol. The van der Waals surface area contributed by atoms with E-state index in [1.54, 1.807) is 0 Å². The van der Waals surface area contributed by atoms with Crippen molar-refractivity contribution in [1.82, 2.24) is 10.3 Å². The molecule has 0 amide bonds. The number of nitrogens with one attached hydrogen (secondary N) is 2. The van der Waals surface area contributed by atoms with Gasteiger partial charge < -0.3 is 10.3 Å². The number of nitrogens with zero attached hydrogens (tertiary/aromatic N) is 1. The van der Waals surface area contributed by atoms with Crippen LogP contribution in [0.2, 0.25) is 0 Å². The van der Waals surface area contributed by atoms with Gasteiger partial charge in [-0.1, -0.05) is 6.07 Å². The lowest BCUT2D eigenvalue weighted by molar-refractivity contribution is 0.629. The summed E-state index contributed by atoms with van der Waals surface area (Å²) in [6.45, 7) is 2.14. The highest BCUT2D eigenvalue weighted by molar-refractivity contribution is 7.09. The molecule has 1 aromatic carbocycles. The standard InChI is InChI=1S/C19H19N3S/c20-10-13-3-4-19-17(8-13)18(12-22-19)16-9-14(16)11-21-6-5-15-2-1-7-23-15/h1-4,7-8,12,14,16,21-22H,5-6,9,11H2. The molecule has 3 aromatic rings. The summed E-state index contributed by atoms with van der Waals surface area (Å²) in [6, 6.07) is 12.4. The second kappa shape index (κ2) is 6.19. The van der Waals surface area contributed by atoms with E-state index in [1.165, 1.54) is 22.2 Å². The first-order valence-electron chi connectivity index (χ1n) is 8.09. The van der Waals surface area contributed by atoms with Gasteiger partial charge in [0.05, 0.1) is 11.6 Å². The quantitative estimate of drug-likeness (QED) is 0.673. The molecule has 4 heteroatoms. The molecule has 2 N–H and O–H groups in total. The maximum atomic E-state index is 9.08. The molecule has 1 aliphatic rings. The Morgan fingerprint density at radius 3 is 3.13 bits per heavy atom. The van der Waals surface area contributed by atoms with E-state index in [2.05, 4.69) is 40.1 Å². The third-order valence-corrected chi connectivity index (χ3v) is 5.64. The van der Waals surface area contributed by atoms with E-state index >= 15 is 0 Å². The smallest absolute Gasteiger partial charge is 0.0991 e. The zero-order valence-electron chi connectivity index (χ0n) is 12.9. The minimum Gasteiger partial charge on any atom is -0.361 e. The average Bonchev–Trinajstić information content (AvgIpc) is 3.00. The van der Waals surface area contributed by atoms with Gasteiger partial charge in [0.2, 0.25) is 0 Å². The van der Waals surface area contributed by atoms with Crippen LogP contribution in [-0.2, 0) is 6.42 Å². The summed E-state index contributed by atoms with van der Waals surface area (Å²) in [5, 5.41) is 16.0. The Morgan fingerprint density at radius 2 is 2.30 bits per heavy atom. The van der Waals surface area contributed by atoms with Gasteiger partial charge in [-0.15, -0.1) is 11.3 Å². The van der Waals surface area contributed by atoms with Gasteiger partial charge in [-0.3, -0.25) is 0 Å². The van der Waals surface area contributed by atoms with Crippen molar-refractivity contribution in [3.05, 3.63) is 57.9 Å². The van der Waals surface area contributed by atoms with Crippen molar-refractivity contribution in [2.75, 3.05) is 13.1 Å². The largest absolute Gasteiger partial charge is 0.361 e. The number of rotatable bonds is 6. The van der Waals surface area contributed by atoms with Gasteiger partial charge >= 0.3 is 0 Å². The first kappa shape index (κ1) is 14.5. The van der Waals surface area contributed by atoms with Gasteiger partial charge in [-0.25, -0.2) is 0 Å². The number of hydrogen-bond donors (Lipinski definition) is 2. The van der Waals surface area contributed by atoms with Crippen molar-refractivity contribution >= 4 is 22.2 Å². The van der Waals surface area contributed by atoms with Crippen LogP contribution < -0.4 is 5.32 Å². The second-order valence-electron chi connectivity index (χ2n) is 6.25. The van der Waals surface area contributed by atoms with Gasteiger partial charge in [0, 0.05) is 22.0 Å². The third kappa shape index (κ3) is 3.03. The molecule has 3 nitrogen and oxygen atoms in total. The van der Waals surface area contributed by atoms with Gasteiger partial charge in [-0.2, -0.15) is 5.26 Å². The maximum Gasteiger partial charge on any atom is 0.0991 e. The Morgan fingerprint density at radius 1 is 1.35 bits per heavy atom. The van der Waals surface area contributed by atoms with Crippen LogP contribution in [0.15, 0.2) is 41.9 Å². The topological polar surface area (TPSA) is 51.6 Å². The highest BCUT2D eigenvalue weighted by Gasteiger charge is 2.39. The highest BCUT2D eigenvalue weighted by Crippen LogP contribution is 2.49. The Hall–Kier alpha value is -2.09. The molecule has 1 fully saturated rings. The molecule has 2 unspecified atom stereocenters. The minimum absolute atomic E-state index is 0.631. The molecule has 0 radical (unpaired) electrons. The van der Waals surface area contributed by atoms with Crippen LogP contribution in [0.4, 0.5) is 0 Å². The number of benzene rings is 1. The number of fused-ring (bicyclic) bond motifs is 1. The molecule has 0 aliphatic heterocycles. The van der Waals surface area contributed by atoms with Gasteiger partial charge in [-0.05, 0) is 73.0 Å². The van der Waals surface area contributed by atoms with Crippen molar-refractivity contribution in [2.24, 2.45) is 5.92 Å². The Balaban J connectivity index is 1.35. The third-order valence-electron chi connectivity index (χ3n) is 4.70. The number of H-pyrrole nitrogens is 1. The van der Waals surface area contributed by atoms with Gasteiger partial charge in [0.15, 0.2) is 0 Å². The van der Waals surface area contributed by atoms with E-state index in [-0.39, 0.29) is 0 Å². The lowest BCUT2D eigenvalue weighted by Gasteiger charge is -2.03. The van der Waals surface area contributed by atoms with Gasteiger partial charge in [0.1, 0.15) is 0 Å². The van der Waals surface area contributed by atoms with E-state index in [0.29, 0.717) is 5.92 Å². The zero-order chi connectivity index (χ0) is 15.6. The van der Waals surface area contributed by atoms with Gasteiger partial charge in [0.25, 0.3) is 0 Å².